The van der Waals surface area contributed by atoms with Crippen molar-refractivity contribution in [3.8, 4) is 5.75 Å². The van der Waals surface area contributed by atoms with Gasteiger partial charge in [-0.15, -0.1) is 0 Å². The van der Waals surface area contributed by atoms with E-state index in [0.29, 0.717) is 50.2 Å². The highest BCUT2D eigenvalue weighted by Gasteiger charge is 2.70. The molecule has 8 rings (SSSR count). The molecule has 3 fully saturated rings. The fraction of sp³-hybridized carbons (Fsp3) is 0.256. The Morgan fingerprint density at radius 1 is 0.944 bits per heavy atom. The van der Waals surface area contributed by atoms with Crippen LogP contribution in [0.2, 0.25) is 10.0 Å². The van der Waals surface area contributed by atoms with Gasteiger partial charge in [-0.25, -0.2) is 4.98 Å². The SMILES string of the molecule is Cc1cccc(C2C3=CCC4C(=O)N(c5ccc(Br)cc5)C(=O)C4C3CC3C(=O)N(Nc4ncc(C(F)(F)F)cc4Cl)C(=O)C32c2ccc(Cl)cc2)c1O. The average molecular weight is 840 g/mol. The number of hydrazine groups is 1. The van der Waals surface area contributed by atoms with E-state index in [2.05, 4.69) is 26.3 Å². The lowest BCUT2D eigenvalue weighted by Gasteiger charge is -2.50. The molecule has 4 amide bonds. The number of pyridine rings is 1. The minimum Gasteiger partial charge on any atom is -0.507 e. The second kappa shape index (κ2) is 13.0. The van der Waals surface area contributed by atoms with Gasteiger partial charge in [0.1, 0.15) is 5.75 Å². The van der Waals surface area contributed by atoms with E-state index in [1.165, 1.54) is 4.90 Å². The van der Waals surface area contributed by atoms with Gasteiger partial charge in [-0.2, -0.15) is 18.2 Å². The molecule has 3 heterocycles. The minimum absolute atomic E-state index is 0.0528. The van der Waals surface area contributed by atoms with Crippen LogP contribution in [0.3, 0.4) is 0 Å². The number of phenols is 1. The van der Waals surface area contributed by atoms with Crippen LogP contribution in [0.1, 0.15) is 41.0 Å². The van der Waals surface area contributed by atoms with Crippen LogP contribution in [-0.4, -0.2) is 38.7 Å². The Labute approximate surface area is 324 Å². The Morgan fingerprint density at radius 2 is 1.65 bits per heavy atom. The standard InChI is InChI=1S/C39H28BrCl2F3N4O5/c1-18-3-2-4-26(32(18)50)31-24-13-14-25-30(36(53)48(34(25)51)23-11-7-21(40)8-12-23)27(24)16-28-35(52)49(37(54)38(28,31)19-5-9-22(41)10-6-19)47-33-29(42)15-20(17-46-33)39(43,44)45/h2-13,15,17,25,27-28,30-31,50H,14,16H2,1H3,(H,46,47). The molecule has 6 atom stereocenters. The maximum absolute atomic E-state index is 15.3. The Bertz CT molecular complexity index is 2300. The van der Waals surface area contributed by atoms with Gasteiger partial charge >= 0.3 is 6.18 Å². The first-order chi connectivity index (χ1) is 25.6. The molecule has 0 radical (unpaired) electrons. The number of para-hydroxylation sites is 1. The van der Waals surface area contributed by atoms with Crippen LogP contribution in [0.25, 0.3) is 0 Å². The number of allylic oxidation sites excluding steroid dienone is 2. The van der Waals surface area contributed by atoms with Crippen LogP contribution in [0.4, 0.5) is 24.7 Å². The maximum Gasteiger partial charge on any atom is 0.417 e. The van der Waals surface area contributed by atoms with Gasteiger partial charge in [0.15, 0.2) is 5.82 Å². The summed E-state index contributed by atoms with van der Waals surface area (Å²) in [6.45, 7) is 1.69. The van der Waals surface area contributed by atoms with Gasteiger partial charge in [-0.3, -0.25) is 29.5 Å². The second-order valence-electron chi connectivity index (χ2n) is 13.9. The van der Waals surface area contributed by atoms with Crippen LogP contribution in [0.15, 0.2) is 95.1 Å². The van der Waals surface area contributed by atoms with E-state index >= 15 is 4.79 Å². The van der Waals surface area contributed by atoms with Gasteiger partial charge in [0, 0.05) is 27.2 Å². The van der Waals surface area contributed by atoms with Crippen LogP contribution in [0, 0.1) is 30.6 Å². The third kappa shape index (κ3) is 5.37. The first kappa shape index (κ1) is 36.3. The zero-order chi connectivity index (χ0) is 38.4. The quantitative estimate of drug-likeness (QED) is 0.153. The highest BCUT2D eigenvalue weighted by atomic mass is 79.9. The van der Waals surface area contributed by atoms with Crippen LogP contribution < -0.4 is 10.3 Å². The molecule has 2 aliphatic heterocycles. The molecule has 2 aliphatic carbocycles. The van der Waals surface area contributed by atoms with E-state index in [1.54, 1.807) is 73.7 Å². The van der Waals surface area contributed by atoms with Gasteiger partial charge in [0.05, 0.1) is 39.4 Å². The number of phenolic OH excluding ortho intramolecular Hbond substituents is 1. The van der Waals surface area contributed by atoms with E-state index < -0.39 is 69.5 Å². The Kier molecular flexibility index (Phi) is 8.70. The third-order valence-corrected chi connectivity index (χ3v) is 12.3. The number of nitrogens with one attached hydrogen (secondary N) is 1. The van der Waals surface area contributed by atoms with Gasteiger partial charge in [-0.05, 0) is 79.3 Å². The lowest BCUT2D eigenvalue weighted by atomic mass is 9.49. The molecule has 0 spiro atoms. The largest absolute Gasteiger partial charge is 0.507 e. The highest BCUT2D eigenvalue weighted by molar-refractivity contribution is 9.10. The molecule has 1 aromatic heterocycles. The number of nitrogens with zero attached hydrogens (tertiary/aromatic N) is 3. The van der Waals surface area contributed by atoms with Crippen molar-refractivity contribution in [3.63, 3.8) is 0 Å². The van der Waals surface area contributed by atoms with Crippen molar-refractivity contribution in [3.05, 3.63) is 127 Å². The molecule has 54 heavy (non-hydrogen) atoms. The van der Waals surface area contributed by atoms with Crippen molar-refractivity contribution in [1.29, 1.82) is 0 Å². The summed E-state index contributed by atoms with van der Waals surface area (Å²) >= 11 is 16.0. The summed E-state index contributed by atoms with van der Waals surface area (Å²) in [4.78, 5) is 63.5. The Hall–Kier alpha value is -4.72. The first-order valence-corrected chi connectivity index (χ1v) is 18.4. The summed E-state index contributed by atoms with van der Waals surface area (Å²) in [6.07, 6.45) is -2.26. The predicted molar refractivity (Wildman–Crippen MR) is 196 cm³/mol. The van der Waals surface area contributed by atoms with Crippen molar-refractivity contribution >= 4 is 74.3 Å². The molecule has 1 saturated carbocycles. The van der Waals surface area contributed by atoms with E-state index in [1.807, 2.05) is 6.08 Å². The first-order valence-electron chi connectivity index (χ1n) is 16.9. The zero-order valence-electron chi connectivity index (χ0n) is 28.1. The lowest BCUT2D eigenvalue weighted by Crippen LogP contribution is -2.53. The zero-order valence-corrected chi connectivity index (χ0v) is 31.2. The number of aromatic nitrogens is 1. The van der Waals surface area contributed by atoms with Crippen molar-refractivity contribution in [2.45, 2.75) is 37.3 Å². The maximum atomic E-state index is 15.3. The normalized spacial score (nSPS) is 26.4. The van der Waals surface area contributed by atoms with Gasteiger partial charge < -0.3 is 5.11 Å². The number of aromatic hydroxyl groups is 1. The molecular weight excluding hydrogens is 812 g/mol. The molecule has 9 nitrogen and oxygen atoms in total. The second-order valence-corrected chi connectivity index (χ2v) is 15.7. The fourth-order valence-corrected chi connectivity index (χ4v) is 9.49. The van der Waals surface area contributed by atoms with Crippen LogP contribution in [0.5, 0.6) is 5.75 Å². The molecule has 4 aliphatic rings. The summed E-state index contributed by atoms with van der Waals surface area (Å²) in [5.74, 6) is -7.48. The van der Waals surface area contributed by atoms with E-state index in [-0.39, 0.29) is 30.3 Å². The van der Waals surface area contributed by atoms with Gasteiger partial charge in [0.2, 0.25) is 11.8 Å². The van der Waals surface area contributed by atoms with E-state index in [9.17, 15) is 32.7 Å². The number of hydrogen-bond acceptors (Lipinski definition) is 7. The van der Waals surface area contributed by atoms with Gasteiger partial charge in [0.25, 0.3) is 11.8 Å². The molecule has 3 aromatic carbocycles. The predicted octanol–water partition coefficient (Wildman–Crippen LogP) is 8.37. The monoisotopic (exact) mass is 838 g/mol. The third-order valence-electron chi connectivity index (χ3n) is 11.2. The molecule has 4 aromatic rings. The molecule has 6 unspecified atom stereocenters. The van der Waals surface area contributed by atoms with Crippen molar-refractivity contribution < 1.29 is 37.5 Å². The number of imide groups is 2. The summed E-state index contributed by atoms with van der Waals surface area (Å²) in [5, 5.41) is 12.3. The molecule has 276 valence electrons. The number of aryl methyl sites for hydroxylation is 1. The summed E-state index contributed by atoms with van der Waals surface area (Å²) in [6, 6.07) is 18.9. The number of fused-ring (bicyclic) bond motifs is 4. The smallest absolute Gasteiger partial charge is 0.417 e. The number of carbonyl (C=O) groups is 4. The molecule has 2 saturated heterocycles. The lowest BCUT2D eigenvalue weighted by molar-refractivity contribution is -0.139. The molecule has 15 heteroatoms. The van der Waals surface area contributed by atoms with Gasteiger partial charge in [-0.1, -0.05) is 81.1 Å². The Balaban J connectivity index is 1.32. The number of benzene rings is 3. The number of alkyl halides is 3. The molecule has 2 N–H and O–H groups in total. The number of anilines is 2. The van der Waals surface area contributed by atoms with Crippen LogP contribution in [-0.2, 0) is 30.8 Å². The fourth-order valence-electron chi connectivity index (χ4n) is 8.89. The van der Waals surface area contributed by atoms with E-state index in [4.69, 9.17) is 23.2 Å². The van der Waals surface area contributed by atoms with Crippen molar-refractivity contribution in [2.24, 2.45) is 23.7 Å². The number of hydrogen-bond donors (Lipinski definition) is 2. The van der Waals surface area contributed by atoms with E-state index in [0.717, 1.165) is 4.47 Å². The summed E-state index contributed by atoms with van der Waals surface area (Å²) in [5.41, 5.74) is 1.90. The highest BCUT2D eigenvalue weighted by Crippen LogP contribution is 2.65. The topological polar surface area (TPSA) is 120 Å². The number of halogens is 6. The number of amides is 4. The summed E-state index contributed by atoms with van der Waals surface area (Å²) in [7, 11) is 0. The van der Waals surface area contributed by atoms with Crippen LogP contribution >= 0.6 is 39.1 Å². The Morgan fingerprint density at radius 3 is 2.31 bits per heavy atom. The van der Waals surface area contributed by atoms with Crippen molar-refractivity contribution in [2.75, 3.05) is 10.3 Å². The minimum atomic E-state index is -4.75. The molecular formula is C39H28BrCl2F3N4O5. The van der Waals surface area contributed by atoms with Crippen molar-refractivity contribution in [1.82, 2.24) is 9.99 Å². The number of carbonyl (C=O) groups excluding carboxylic acids is 4. The average Bonchev–Trinajstić information content (AvgIpc) is 3.51. The number of rotatable bonds is 5. The molecule has 0 bridgehead atoms. The summed E-state index contributed by atoms with van der Waals surface area (Å²) < 4.78 is 41.2.